The Labute approximate surface area is 119 Å². The van der Waals surface area contributed by atoms with E-state index in [0.717, 1.165) is 11.3 Å². The van der Waals surface area contributed by atoms with Gasteiger partial charge >= 0.3 is 0 Å². The SMILES string of the molecule is CCOc1ccc(C2NCC(=O)N2C(C)COC)cc1. The van der Waals surface area contributed by atoms with Crippen molar-refractivity contribution >= 4 is 5.91 Å². The van der Waals surface area contributed by atoms with Crippen LogP contribution < -0.4 is 10.1 Å². The molecule has 5 nitrogen and oxygen atoms in total. The fourth-order valence-corrected chi connectivity index (χ4v) is 2.53. The molecule has 1 aromatic rings. The third-order valence-electron chi connectivity index (χ3n) is 3.40. The zero-order valence-corrected chi connectivity index (χ0v) is 12.3. The lowest BCUT2D eigenvalue weighted by atomic mass is 10.1. The molecule has 0 spiro atoms. The predicted octanol–water partition coefficient (Wildman–Crippen LogP) is 1.55. The minimum absolute atomic E-state index is 0.0408. The third-order valence-corrected chi connectivity index (χ3v) is 3.40. The first-order chi connectivity index (χ1) is 9.67. The Bertz CT molecular complexity index is 447. The number of methoxy groups -OCH3 is 1. The maximum Gasteiger partial charge on any atom is 0.238 e. The van der Waals surface area contributed by atoms with Gasteiger partial charge in [0.2, 0.25) is 5.91 Å². The Balaban J connectivity index is 2.15. The lowest BCUT2D eigenvalue weighted by Gasteiger charge is -2.30. The van der Waals surface area contributed by atoms with E-state index >= 15 is 0 Å². The van der Waals surface area contributed by atoms with Gasteiger partial charge in [0.25, 0.3) is 0 Å². The first kappa shape index (κ1) is 14.8. The van der Waals surface area contributed by atoms with E-state index in [4.69, 9.17) is 9.47 Å². The van der Waals surface area contributed by atoms with E-state index in [1.54, 1.807) is 7.11 Å². The molecular formula is C15H22N2O3. The fraction of sp³-hybridized carbons (Fsp3) is 0.533. The van der Waals surface area contributed by atoms with Gasteiger partial charge in [-0.15, -0.1) is 0 Å². The lowest BCUT2D eigenvalue weighted by molar-refractivity contribution is -0.131. The van der Waals surface area contributed by atoms with Crippen LogP contribution in [0.5, 0.6) is 5.75 Å². The van der Waals surface area contributed by atoms with Crippen molar-refractivity contribution < 1.29 is 14.3 Å². The molecule has 1 aromatic carbocycles. The summed E-state index contributed by atoms with van der Waals surface area (Å²) in [5, 5.41) is 3.24. The van der Waals surface area contributed by atoms with E-state index in [1.807, 2.05) is 43.0 Å². The first-order valence-electron chi connectivity index (χ1n) is 6.93. The highest BCUT2D eigenvalue weighted by molar-refractivity contribution is 5.81. The molecule has 1 aliphatic rings. The van der Waals surface area contributed by atoms with Crippen LogP contribution in [0.3, 0.4) is 0 Å². The van der Waals surface area contributed by atoms with Gasteiger partial charge in [-0.1, -0.05) is 12.1 Å². The van der Waals surface area contributed by atoms with Crippen molar-refractivity contribution in [3.05, 3.63) is 29.8 Å². The smallest absolute Gasteiger partial charge is 0.238 e. The lowest BCUT2D eigenvalue weighted by Crippen LogP contribution is -2.40. The van der Waals surface area contributed by atoms with Gasteiger partial charge in [0.15, 0.2) is 0 Å². The second-order valence-electron chi connectivity index (χ2n) is 4.89. The number of rotatable bonds is 6. The summed E-state index contributed by atoms with van der Waals surface area (Å²) in [6, 6.07) is 7.89. The minimum atomic E-state index is -0.0941. The summed E-state index contributed by atoms with van der Waals surface area (Å²) in [7, 11) is 1.65. The van der Waals surface area contributed by atoms with Crippen LogP contribution in [0.25, 0.3) is 0 Å². The summed E-state index contributed by atoms with van der Waals surface area (Å²) in [6.45, 7) is 5.50. The maximum absolute atomic E-state index is 12.0. The van der Waals surface area contributed by atoms with Crippen molar-refractivity contribution in [2.75, 3.05) is 26.9 Å². The van der Waals surface area contributed by atoms with Gasteiger partial charge in [-0.3, -0.25) is 10.1 Å². The van der Waals surface area contributed by atoms with Crippen LogP contribution in [-0.4, -0.2) is 43.7 Å². The van der Waals surface area contributed by atoms with Crippen LogP contribution in [0.2, 0.25) is 0 Å². The van der Waals surface area contributed by atoms with Crippen LogP contribution in [0, 0.1) is 0 Å². The molecule has 0 saturated carbocycles. The molecule has 1 N–H and O–H groups in total. The number of carbonyl (C=O) groups excluding carboxylic acids is 1. The normalized spacial score (nSPS) is 20.2. The molecule has 1 fully saturated rings. The average molecular weight is 278 g/mol. The summed E-state index contributed by atoms with van der Waals surface area (Å²) < 4.78 is 10.6. The zero-order valence-electron chi connectivity index (χ0n) is 12.3. The van der Waals surface area contributed by atoms with E-state index in [1.165, 1.54) is 0 Å². The van der Waals surface area contributed by atoms with E-state index in [9.17, 15) is 4.79 Å². The number of benzene rings is 1. The number of hydrogen-bond donors (Lipinski definition) is 1. The van der Waals surface area contributed by atoms with Crippen LogP contribution in [-0.2, 0) is 9.53 Å². The molecule has 110 valence electrons. The maximum atomic E-state index is 12.0. The molecule has 5 heteroatoms. The van der Waals surface area contributed by atoms with Crippen LogP contribution in [0.1, 0.15) is 25.6 Å². The van der Waals surface area contributed by atoms with Gasteiger partial charge in [-0.2, -0.15) is 0 Å². The Morgan fingerprint density at radius 3 is 2.70 bits per heavy atom. The summed E-state index contributed by atoms with van der Waals surface area (Å²) in [6.07, 6.45) is -0.0941. The third kappa shape index (κ3) is 3.11. The summed E-state index contributed by atoms with van der Waals surface area (Å²) in [5.74, 6) is 0.950. The Morgan fingerprint density at radius 1 is 1.40 bits per heavy atom. The number of ether oxygens (including phenoxy) is 2. The molecule has 2 rings (SSSR count). The molecule has 0 aromatic heterocycles. The quantitative estimate of drug-likeness (QED) is 0.858. The van der Waals surface area contributed by atoms with Crippen molar-refractivity contribution in [1.29, 1.82) is 0 Å². The Hall–Kier alpha value is -1.59. The number of nitrogens with zero attached hydrogens (tertiary/aromatic N) is 1. The molecule has 0 radical (unpaired) electrons. The van der Waals surface area contributed by atoms with Crippen molar-refractivity contribution in [1.82, 2.24) is 10.2 Å². The highest BCUT2D eigenvalue weighted by Gasteiger charge is 2.34. The molecule has 0 bridgehead atoms. The largest absolute Gasteiger partial charge is 0.494 e. The van der Waals surface area contributed by atoms with Gasteiger partial charge in [0.1, 0.15) is 11.9 Å². The summed E-state index contributed by atoms with van der Waals surface area (Å²) >= 11 is 0. The molecule has 2 unspecified atom stereocenters. The predicted molar refractivity (Wildman–Crippen MR) is 76.5 cm³/mol. The molecule has 0 aliphatic carbocycles. The fourth-order valence-electron chi connectivity index (χ4n) is 2.53. The van der Waals surface area contributed by atoms with Crippen LogP contribution in [0.15, 0.2) is 24.3 Å². The van der Waals surface area contributed by atoms with Crippen molar-refractivity contribution in [3.63, 3.8) is 0 Å². The number of nitrogens with one attached hydrogen (secondary N) is 1. The summed E-state index contributed by atoms with van der Waals surface area (Å²) in [4.78, 5) is 13.9. The number of amides is 1. The van der Waals surface area contributed by atoms with E-state index in [2.05, 4.69) is 5.32 Å². The molecule has 1 heterocycles. The second kappa shape index (κ2) is 6.72. The molecule has 20 heavy (non-hydrogen) atoms. The van der Waals surface area contributed by atoms with E-state index in [-0.39, 0.29) is 18.1 Å². The zero-order chi connectivity index (χ0) is 14.5. The molecule has 1 amide bonds. The molecular weight excluding hydrogens is 256 g/mol. The van der Waals surface area contributed by atoms with Crippen molar-refractivity contribution in [2.45, 2.75) is 26.1 Å². The van der Waals surface area contributed by atoms with Gasteiger partial charge in [-0.25, -0.2) is 0 Å². The van der Waals surface area contributed by atoms with Gasteiger partial charge in [0.05, 0.1) is 25.8 Å². The highest BCUT2D eigenvalue weighted by atomic mass is 16.5. The summed E-state index contributed by atoms with van der Waals surface area (Å²) in [5.41, 5.74) is 1.06. The Morgan fingerprint density at radius 2 is 2.10 bits per heavy atom. The van der Waals surface area contributed by atoms with Gasteiger partial charge in [0, 0.05) is 7.11 Å². The topological polar surface area (TPSA) is 50.8 Å². The van der Waals surface area contributed by atoms with Crippen molar-refractivity contribution in [2.24, 2.45) is 0 Å². The van der Waals surface area contributed by atoms with E-state index < -0.39 is 0 Å². The Kier molecular flexibility index (Phi) is 4.98. The molecule has 2 atom stereocenters. The monoisotopic (exact) mass is 278 g/mol. The van der Waals surface area contributed by atoms with Gasteiger partial charge < -0.3 is 14.4 Å². The molecule has 1 saturated heterocycles. The number of carbonyl (C=O) groups is 1. The standard InChI is InChI=1S/C15H22N2O3/c1-4-20-13-7-5-12(6-8-13)15-16-9-14(18)17(15)11(2)10-19-3/h5-8,11,15-16H,4,9-10H2,1-3H3. The minimum Gasteiger partial charge on any atom is -0.494 e. The highest BCUT2D eigenvalue weighted by Crippen LogP contribution is 2.26. The second-order valence-corrected chi connectivity index (χ2v) is 4.89. The van der Waals surface area contributed by atoms with Gasteiger partial charge in [-0.05, 0) is 31.5 Å². The van der Waals surface area contributed by atoms with Crippen molar-refractivity contribution in [3.8, 4) is 5.75 Å². The average Bonchev–Trinajstić information content (AvgIpc) is 2.82. The van der Waals surface area contributed by atoms with E-state index in [0.29, 0.717) is 19.8 Å². The number of hydrogen-bond acceptors (Lipinski definition) is 4. The first-order valence-corrected chi connectivity index (χ1v) is 6.93. The molecule has 1 aliphatic heterocycles. The van der Waals surface area contributed by atoms with Crippen LogP contribution >= 0.6 is 0 Å². The van der Waals surface area contributed by atoms with Crippen LogP contribution in [0.4, 0.5) is 0 Å².